The van der Waals surface area contributed by atoms with Crippen LogP contribution in [0.2, 0.25) is 0 Å². The highest BCUT2D eigenvalue weighted by atomic mass is 19.4. The van der Waals surface area contributed by atoms with Crippen molar-refractivity contribution in [3.63, 3.8) is 0 Å². The largest absolute Gasteiger partial charge is 0.418 e. The summed E-state index contributed by atoms with van der Waals surface area (Å²) in [5, 5.41) is 3.19. The number of alkyl halides is 3. The smallest absolute Gasteiger partial charge is 0.325 e. The first-order chi connectivity index (χ1) is 16.4. The zero-order valence-electron chi connectivity index (χ0n) is 19.7. The van der Waals surface area contributed by atoms with Crippen LogP contribution in [0, 0.1) is 0 Å². The number of aromatic nitrogens is 2. The van der Waals surface area contributed by atoms with Crippen LogP contribution in [0.25, 0.3) is 10.9 Å². The molecule has 1 saturated carbocycles. The average molecular weight is 443 g/mol. The summed E-state index contributed by atoms with van der Waals surface area (Å²) >= 11 is 0. The SMILES string of the molecule is [2H]C([2H])([2H])N1C(=O)C2(CCC(=O)CC2)c2cc(Nc3ccc4cccc(C(F)(F)F)c4n3)ncc21. The molecule has 1 aliphatic heterocycles. The summed E-state index contributed by atoms with van der Waals surface area (Å²) in [6, 6.07) is 8.32. The van der Waals surface area contributed by atoms with Gasteiger partial charge in [0.2, 0.25) is 5.91 Å². The van der Waals surface area contributed by atoms with E-state index < -0.39 is 30.0 Å². The zero-order chi connectivity index (χ0) is 25.2. The van der Waals surface area contributed by atoms with Crippen molar-refractivity contribution in [2.45, 2.75) is 37.3 Å². The second-order valence-electron chi connectivity index (χ2n) is 8.04. The lowest BCUT2D eigenvalue weighted by Crippen LogP contribution is -2.41. The van der Waals surface area contributed by atoms with Crippen LogP contribution in [0.3, 0.4) is 0 Å². The van der Waals surface area contributed by atoms with Gasteiger partial charge in [-0.3, -0.25) is 9.59 Å². The van der Waals surface area contributed by atoms with Gasteiger partial charge in [-0.15, -0.1) is 0 Å². The van der Waals surface area contributed by atoms with Crippen molar-refractivity contribution in [2.75, 3.05) is 17.2 Å². The van der Waals surface area contributed by atoms with Crippen LogP contribution in [0.1, 0.15) is 40.9 Å². The molecule has 0 unspecified atom stereocenters. The minimum Gasteiger partial charge on any atom is -0.325 e. The number of hydrogen-bond acceptors (Lipinski definition) is 5. The number of amides is 1. The number of benzene rings is 1. The first kappa shape index (κ1) is 17.1. The Labute approximate surface area is 185 Å². The number of Topliss-reactive ketones (excluding diaryl/α,β-unsaturated/α-hetero) is 1. The summed E-state index contributed by atoms with van der Waals surface area (Å²) in [4.78, 5) is 34.3. The second-order valence-corrected chi connectivity index (χ2v) is 8.04. The predicted octanol–water partition coefficient (Wildman–Crippen LogP) is 4.75. The molecule has 1 aliphatic carbocycles. The van der Waals surface area contributed by atoms with Gasteiger partial charge in [0.05, 0.1) is 28.4 Å². The Kier molecular flexibility index (Phi) is 3.75. The molecule has 164 valence electrons. The molecule has 0 bridgehead atoms. The van der Waals surface area contributed by atoms with Crippen LogP contribution < -0.4 is 10.2 Å². The van der Waals surface area contributed by atoms with Crippen molar-refractivity contribution in [3.8, 4) is 0 Å². The first-order valence-corrected chi connectivity index (χ1v) is 10.0. The molecule has 1 N–H and O–H groups in total. The standard InChI is InChI=1S/C23H19F3N4O2/c1-30-17-12-27-19(11-16(17)22(21(30)32)9-7-14(31)8-10-22)28-18-6-5-13-3-2-4-15(20(13)29-18)23(24,25)26/h2-6,11-12H,7-10H2,1H3,(H,27,28,29)/i1D3. The van der Waals surface area contributed by atoms with Crippen molar-refractivity contribution in [1.29, 1.82) is 0 Å². The second kappa shape index (κ2) is 7.01. The van der Waals surface area contributed by atoms with Crippen molar-refractivity contribution >= 4 is 39.9 Å². The Bertz CT molecular complexity index is 1360. The fraction of sp³-hybridized carbons (Fsp3) is 0.304. The number of nitrogens with zero attached hydrogens (tertiary/aromatic N) is 3. The van der Waals surface area contributed by atoms with Crippen LogP contribution >= 0.6 is 0 Å². The summed E-state index contributed by atoms with van der Waals surface area (Å²) < 4.78 is 63.9. The predicted molar refractivity (Wildman–Crippen MR) is 113 cm³/mol. The van der Waals surface area contributed by atoms with Crippen molar-refractivity contribution in [2.24, 2.45) is 0 Å². The van der Waals surface area contributed by atoms with E-state index in [1.807, 2.05) is 0 Å². The number of carbonyl (C=O) groups is 2. The number of para-hydroxylation sites is 1. The summed E-state index contributed by atoms with van der Waals surface area (Å²) in [5.74, 6) is -0.300. The number of likely N-dealkylation sites (N-methyl/N-ethyl adjacent to an activating group) is 1. The minimum absolute atomic E-state index is 0.00513. The molecule has 0 saturated heterocycles. The van der Waals surface area contributed by atoms with E-state index >= 15 is 0 Å². The highest BCUT2D eigenvalue weighted by molar-refractivity contribution is 6.08. The monoisotopic (exact) mass is 443 g/mol. The number of halogens is 3. The molecule has 0 atom stereocenters. The number of nitrogens with one attached hydrogen (secondary N) is 1. The summed E-state index contributed by atoms with van der Waals surface area (Å²) in [7, 11) is 0. The third kappa shape index (κ3) is 3.11. The number of ketones is 1. The van der Waals surface area contributed by atoms with Gasteiger partial charge >= 0.3 is 6.18 Å². The number of pyridine rings is 2. The van der Waals surface area contributed by atoms with Gasteiger partial charge in [-0.25, -0.2) is 9.97 Å². The van der Waals surface area contributed by atoms with E-state index in [0.29, 0.717) is 10.9 Å². The Morgan fingerprint density at radius 3 is 2.62 bits per heavy atom. The molecule has 2 aromatic heterocycles. The molecular weight excluding hydrogens is 421 g/mol. The van der Waals surface area contributed by atoms with E-state index in [1.165, 1.54) is 36.5 Å². The van der Waals surface area contributed by atoms with Crippen LogP contribution in [0.15, 0.2) is 42.6 Å². The molecule has 3 heterocycles. The third-order valence-corrected chi connectivity index (χ3v) is 6.19. The molecule has 1 amide bonds. The van der Waals surface area contributed by atoms with E-state index in [9.17, 15) is 22.8 Å². The number of carbonyl (C=O) groups excluding carboxylic acids is 2. The van der Waals surface area contributed by atoms with Gasteiger partial charge in [0.15, 0.2) is 0 Å². The summed E-state index contributed by atoms with van der Waals surface area (Å²) in [6.45, 7) is -2.73. The Morgan fingerprint density at radius 1 is 1.12 bits per heavy atom. The molecule has 1 fully saturated rings. The van der Waals surface area contributed by atoms with Crippen LogP contribution in [-0.2, 0) is 21.2 Å². The minimum atomic E-state index is -4.58. The number of anilines is 3. The van der Waals surface area contributed by atoms with E-state index in [2.05, 4.69) is 15.3 Å². The Hall–Kier alpha value is -3.49. The molecule has 32 heavy (non-hydrogen) atoms. The normalized spacial score (nSPS) is 19.6. The highest BCUT2D eigenvalue weighted by Crippen LogP contribution is 2.49. The Morgan fingerprint density at radius 2 is 1.91 bits per heavy atom. The van der Waals surface area contributed by atoms with E-state index in [4.69, 9.17) is 4.11 Å². The molecule has 6 nitrogen and oxygen atoms in total. The van der Waals surface area contributed by atoms with Crippen LogP contribution in [0.5, 0.6) is 0 Å². The fourth-order valence-electron chi connectivity index (χ4n) is 4.53. The maximum Gasteiger partial charge on any atom is 0.418 e. The number of fused-ring (bicyclic) bond motifs is 3. The third-order valence-electron chi connectivity index (χ3n) is 6.19. The number of hydrogen-bond donors (Lipinski definition) is 1. The molecule has 2 aliphatic rings. The fourth-order valence-corrected chi connectivity index (χ4v) is 4.53. The van der Waals surface area contributed by atoms with Gasteiger partial charge in [0.25, 0.3) is 0 Å². The first-order valence-electron chi connectivity index (χ1n) is 11.5. The zero-order valence-corrected chi connectivity index (χ0v) is 16.7. The molecule has 9 heteroatoms. The van der Waals surface area contributed by atoms with Crippen molar-refractivity contribution in [3.05, 3.63) is 53.7 Å². The van der Waals surface area contributed by atoms with Gasteiger partial charge < -0.3 is 10.2 Å². The lowest BCUT2D eigenvalue weighted by Gasteiger charge is -2.31. The molecular formula is C23H19F3N4O2. The Balaban J connectivity index is 1.57. The lowest BCUT2D eigenvalue weighted by molar-refractivity contribution is -0.136. The summed E-state index contributed by atoms with van der Waals surface area (Å²) in [6.07, 6.45) is -2.67. The highest BCUT2D eigenvalue weighted by Gasteiger charge is 2.51. The van der Waals surface area contributed by atoms with Gasteiger partial charge in [-0.2, -0.15) is 13.2 Å². The summed E-state index contributed by atoms with van der Waals surface area (Å²) in [5.41, 5.74) is -1.69. The molecule has 1 aromatic carbocycles. The van der Waals surface area contributed by atoms with Gasteiger partial charge in [-0.1, -0.05) is 12.1 Å². The van der Waals surface area contributed by atoms with E-state index in [-0.39, 0.29) is 54.3 Å². The van der Waals surface area contributed by atoms with E-state index in [0.717, 1.165) is 11.0 Å². The molecule has 5 rings (SSSR count). The quantitative estimate of drug-likeness (QED) is 0.619. The average Bonchev–Trinajstić information content (AvgIpc) is 3.02. The molecule has 0 radical (unpaired) electrons. The lowest BCUT2D eigenvalue weighted by atomic mass is 9.70. The maximum absolute atomic E-state index is 13.4. The molecule has 1 spiro atoms. The number of rotatable bonds is 2. The van der Waals surface area contributed by atoms with Crippen LogP contribution in [0.4, 0.5) is 30.5 Å². The van der Waals surface area contributed by atoms with Gasteiger partial charge in [0, 0.05) is 29.3 Å². The van der Waals surface area contributed by atoms with Gasteiger partial charge in [-0.05, 0) is 42.7 Å². The molecule has 3 aromatic rings. The maximum atomic E-state index is 13.4. The van der Waals surface area contributed by atoms with E-state index in [1.54, 1.807) is 0 Å². The van der Waals surface area contributed by atoms with Crippen molar-refractivity contribution in [1.82, 2.24) is 9.97 Å². The van der Waals surface area contributed by atoms with Crippen LogP contribution in [-0.4, -0.2) is 28.6 Å². The van der Waals surface area contributed by atoms with Gasteiger partial charge in [0.1, 0.15) is 17.4 Å². The topological polar surface area (TPSA) is 75.2 Å². The van der Waals surface area contributed by atoms with Crippen molar-refractivity contribution < 1.29 is 26.9 Å².